The number of rotatable bonds is 3. The fourth-order valence-corrected chi connectivity index (χ4v) is 2.49. The summed E-state index contributed by atoms with van der Waals surface area (Å²) in [6.45, 7) is 5.07. The van der Waals surface area contributed by atoms with Crippen LogP contribution in [0.3, 0.4) is 0 Å². The van der Waals surface area contributed by atoms with Gasteiger partial charge in [-0.1, -0.05) is 40.3 Å². The Balaban J connectivity index is 2.54. The molecule has 2 rings (SSSR count). The molecule has 22 heavy (non-hydrogen) atoms. The van der Waals surface area contributed by atoms with Crippen molar-refractivity contribution < 1.29 is 9.32 Å². The normalized spacial score (nSPS) is 11.1. The van der Waals surface area contributed by atoms with Crippen LogP contribution in [0, 0.1) is 19.3 Å². The lowest BCUT2D eigenvalue weighted by Crippen LogP contribution is -2.42. The van der Waals surface area contributed by atoms with E-state index in [2.05, 4.69) is 16.4 Å². The SMILES string of the molecule is C#CC(C)(C)NC(=O)c1c(-c2c(Cl)cccc2Cl)noc1C. The quantitative estimate of drug-likeness (QED) is 0.858. The molecule has 0 spiro atoms. The van der Waals surface area contributed by atoms with E-state index in [1.807, 2.05) is 0 Å². The van der Waals surface area contributed by atoms with Gasteiger partial charge in [-0.3, -0.25) is 4.79 Å². The monoisotopic (exact) mass is 336 g/mol. The minimum Gasteiger partial charge on any atom is -0.360 e. The van der Waals surface area contributed by atoms with Gasteiger partial charge in [0, 0.05) is 5.56 Å². The van der Waals surface area contributed by atoms with Gasteiger partial charge in [-0.05, 0) is 32.9 Å². The molecule has 0 saturated heterocycles. The molecule has 2 aromatic rings. The minimum atomic E-state index is -0.803. The van der Waals surface area contributed by atoms with E-state index in [0.717, 1.165) is 0 Å². The van der Waals surface area contributed by atoms with Crippen molar-refractivity contribution in [1.82, 2.24) is 10.5 Å². The second-order valence-electron chi connectivity index (χ2n) is 5.28. The van der Waals surface area contributed by atoms with Crippen LogP contribution in [-0.4, -0.2) is 16.6 Å². The van der Waals surface area contributed by atoms with E-state index >= 15 is 0 Å². The molecule has 0 aliphatic heterocycles. The second kappa shape index (κ2) is 6.04. The summed E-state index contributed by atoms with van der Waals surface area (Å²) in [6, 6.07) is 5.04. The van der Waals surface area contributed by atoms with Crippen LogP contribution in [0.2, 0.25) is 10.0 Å². The molecular formula is C16H14Cl2N2O2. The number of carbonyl (C=O) groups is 1. The Morgan fingerprint density at radius 3 is 2.50 bits per heavy atom. The highest BCUT2D eigenvalue weighted by atomic mass is 35.5. The van der Waals surface area contributed by atoms with Crippen LogP contribution in [0.15, 0.2) is 22.7 Å². The average Bonchev–Trinajstić information content (AvgIpc) is 2.80. The Kier molecular flexibility index (Phi) is 4.50. The number of amides is 1. The lowest BCUT2D eigenvalue weighted by atomic mass is 10.0. The van der Waals surface area contributed by atoms with E-state index in [1.165, 1.54) is 0 Å². The number of aryl methyl sites for hydroxylation is 1. The molecule has 0 aliphatic rings. The van der Waals surface area contributed by atoms with Crippen molar-refractivity contribution in [3.63, 3.8) is 0 Å². The molecule has 0 saturated carbocycles. The summed E-state index contributed by atoms with van der Waals surface area (Å²) >= 11 is 12.4. The molecular weight excluding hydrogens is 323 g/mol. The van der Waals surface area contributed by atoms with Crippen LogP contribution >= 0.6 is 23.2 Å². The number of hydrogen-bond donors (Lipinski definition) is 1. The highest BCUT2D eigenvalue weighted by Gasteiger charge is 2.27. The fourth-order valence-electron chi connectivity index (χ4n) is 1.92. The van der Waals surface area contributed by atoms with Crippen LogP contribution in [0.25, 0.3) is 11.3 Å². The summed E-state index contributed by atoms with van der Waals surface area (Å²) in [6.07, 6.45) is 5.40. The highest BCUT2D eigenvalue weighted by Crippen LogP contribution is 2.36. The zero-order chi connectivity index (χ0) is 16.5. The van der Waals surface area contributed by atoms with Crippen molar-refractivity contribution in [3.8, 4) is 23.6 Å². The van der Waals surface area contributed by atoms with Crippen molar-refractivity contribution in [2.75, 3.05) is 0 Å². The number of aromatic nitrogens is 1. The summed E-state index contributed by atoms with van der Waals surface area (Å²) in [7, 11) is 0. The summed E-state index contributed by atoms with van der Waals surface area (Å²) in [4.78, 5) is 12.5. The van der Waals surface area contributed by atoms with Crippen LogP contribution in [-0.2, 0) is 0 Å². The third-order valence-corrected chi connectivity index (χ3v) is 3.71. The first kappa shape index (κ1) is 16.4. The van der Waals surface area contributed by atoms with Crippen LogP contribution in [0.4, 0.5) is 0 Å². The molecule has 0 bridgehead atoms. The van der Waals surface area contributed by atoms with Gasteiger partial charge >= 0.3 is 0 Å². The number of nitrogens with zero attached hydrogens (tertiary/aromatic N) is 1. The smallest absolute Gasteiger partial charge is 0.258 e. The van der Waals surface area contributed by atoms with Gasteiger partial charge < -0.3 is 9.84 Å². The third-order valence-electron chi connectivity index (χ3n) is 3.08. The first-order valence-corrected chi connectivity index (χ1v) is 7.23. The first-order chi connectivity index (χ1) is 10.3. The van der Waals surface area contributed by atoms with Crippen molar-refractivity contribution in [3.05, 3.63) is 39.6 Å². The number of nitrogens with one attached hydrogen (secondary N) is 1. The molecule has 6 heteroatoms. The van der Waals surface area contributed by atoms with E-state index in [-0.39, 0.29) is 5.56 Å². The van der Waals surface area contributed by atoms with E-state index < -0.39 is 11.4 Å². The molecule has 1 aromatic heterocycles. The Bertz CT molecular complexity index is 753. The predicted molar refractivity (Wildman–Crippen MR) is 87.1 cm³/mol. The number of terminal acetylenes is 1. The molecule has 0 aliphatic carbocycles. The topological polar surface area (TPSA) is 55.1 Å². The van der Waals surface area contributed by atoms with Crippen molar-refractivity contribution in [1.29, 1.82) is 0 Å². The maximum absolute atomic E-state index is 12.5. The Labute approximate surface area is 138 Å². The zero-order valence-corrected chi connectivity index (χ0v) is 13.8. The van der Waals surface area contributed by atoms with Gasteiger partial charge in [-0.15, -0.1) is 6.42 Å². The second-order valence-corrected chi connectivity index (χ2v) is 6.10. The van der Waals surface area contributed by atoms with Gasteiger partial charge in [0.05, 0.1) is 15.6 Å². The van der Waals surface area contributed by atoms with E-state index in [9.17, 15) is 4.79 Å². The Morgan fingerprint density at radius 2 is 1.95 bits per heavy atom. The van der Waals surface area contributed by atoms with Crippen LogP contribution < -0.4 is 5.32 Å². The Hall–Kier alpha value is -1.96. The number of benzene rings is 1. The number of halogens is 2. The van der Waals surface area contributed by atoms with Gasteiger partial charge in [-0.25, -0.2) is 0 Å². The zero-order valence-electron chi connectivity index (χ0n) is 12.3. The van der Waals surface area contributed by atoms with Gasteiger partial charge in [0.15, 0.2) is 0 Å². The summed E-state index contributed by atoms with van der Waals surface area (Å²) in [5, 5.41) is 7.43. The summed E-state index contributed by atoms with van der Waals surface area (Å²) in [5.41, 5.74) is 0.200. The summed E-state index contributed by atoms with van der Waals surface area (Å²) < 4.78 is 5.15. The Morgan fingerprint density at radius 1 is 1.36 bits per heavy atom. The van der Waals surface area contributed by atoms with Crippen molar-refractivity contribution in [2.24, 2.45) is 0 Å². The van der Waals surface area contributed by atoms with Gasteiger partial charge in [-0.2, -0.15) is 0 Å². The number of carbonyl (C=O) groups excluding carboxylic acids is 1. The molecule has 1 aromatic carbocycles. The molecule has 1 N–H and O–H groups in total. The molecule has 0 atom stereocenters. The van der Waals surface area contributed by atoms with Crippen molar-refractivity contribution in [2.45, 2.75) is 26.3 Å². The molecule has 1 amide bonds. The van der Waals surface area contributed by atoms with Crippen LogP contribution in [0.5, 0.6) is 0 Å². The first-order valence-electron chi connectivity index (χ1n) is 6.48. The van der Waals surface area contributed by atoms with E-state index in [4.69, 9.17) is 34.1 Å². The van der Waals surface area contributed by atoms with Crippen molar-refractivity contribution >= 4 is 29.1 Å². The maximum atomic E-state index is 12.5. The minimum absolute atomic E-state index is 0.262. The number of hydrogen-bond acceptors (Lipinski definition) is 3. The van der Waals surface area contributed by atoms with E-state index in [1.54, 1.807) is 39.0 Å². The van der Waals surface area contributed by atoms with Crippen LogP contribution in [0.1, 0.15) is 30.0 Å². The fraction of sp³-hybridized carbons (Fsp3) is 0.250. The lowest BCUT2D eigenvalue weighted by molar-refractivity contribution is 0.0929. The standard InChI is InChI=1S/C16H14Cl2N2O2/c1-5-16(3,4)19-15(21)12-9(2)22-20-14(12)13-10(17)7-6-8-11(13)18/h1,6-8H,2-4H3,(H,19,21). The molecule has 1 heterocycles. The van der Waals surface area contributed by atoms with Gasteiger partial charge in [0.2, 0.25) is 0 Å². The predicted octanol–water partition coefficient (Wildman–Crippen LogP) is 4.10. The van der Waals surface area contributed by atoms with Gasteiger partial charge in [0.1, 0.15) is 17.0 Å². The molecule has 4 nitrogen and oxygen atoms in total. The third kappa shape index (κ3) is 3.11. The molecule has 0 unspecified atom stereocenters. The largest absolute Gasteiger partial charge is 0.360 e. The maximum Gasteiger partial charge on any atom is 0.258 e. The summed E-state index contributed by atoms with van der Waals surface area (Å²) in [5.74, 6) is 2.46. The molecule has 0 radical (unpaired) electrons. The van der Waals surface area contributed by atoms with Gasteiger partial charge in [0.25, 0.3) is 5.91 Å². The highest BCUT2D eigenvalue weighted by molar-refractivity contribution is 6.39. The lowest BCUT2D eigenvalue weighted by Gasteiger charge is -2.19. The average molecular weight is 337 g/mol. The van der Waals surface area contributed by atoms with E-state index in [0.29, 0.717) is 27.1 Å². The molecule has 0 fully saturated rings. The molecule has 114 valence electrons.